The van der Waals surface area contributed by atoms with Crippen LogP contribution in [0.5, 0.6) is 0 Å². The van der Waals surface area contributed by atoms with E-state index >= 15 is 0 Å². The van der Waals surface area contributed by atoms with Gasteiger partial charge in [0.25, 0.3) is 0 Å². The zero-order chi connectivity index (χ0) is 12.8. The Morgan fingerprint density at radius 1 is 1.39 bits per heavy atom. The molecule has 0 saturated carbocycles. The van der Waals surface area contributed by atoms with Crippen LogP contribution < -0.4 is 0 Å². The maximum atomic E-state index is 5.75. The van der Waals surface area contributed by atoms with Gasteiger partial charge in [-0.05, 0) is 5.56 Å². The maximum Gasteiger partial charge on any atom is 0.158 e. The second kappa shape index (κ2) is 6.69. The summed E-state index contributed by atoms with van der Waals surface area (Å²) < 4.78 is 16.6. The summed E-state index contributed by atoms with van der Waals surface area (Å²) in [5.41, 5.74) is 1.19. The Hall–Kier alpha value is -1.16. The summed E-state index contributed by atoms with van der Waals surface area (Å²) in [5, 5.41) is 0. The minimum absolute atomic E-state index is 0.0331. The first-order valence-electron chi connectivity index (χ1n) is 6.26. The Morgan fingerprint density at radius 3 is 2.83 bits per heavy atom. The lowest BCUT2D eigenvalue weighted by Crippen LogP contribution is -2.18. The van der Waals surface area contributed by atoms with Crippen LogP contribution in [-0.4, -0.2) is 26.1 Å². The van der Waals surface area contributed by atoms with E-state index in [-0.39, 0.29) is 12.4 Å². The molecule has 0 amide bonds. The van der Waals surface area contributed by atoms with Crippen molar-refractivity contribution in [2.24, 2.45) is 5.92 Å². The highest BCUT2D eigenvalue weighted by Crippen LogP contribution is 2.28. The summed E-state index contributed by atoms with van der Waals surface area (Å²) in [6, 6.07) is 10.2. The average Bonchev–Trinajstić information content (AvgIpc) is 2.82. The third-order valence-corrected chi connectivity index (χ3v) is 3.21. The molecule has 18 heavy (non-hydrogen) atoms. The molecule has 0 spiro atoms. The second-order valence-corrected chi connectivity index (χ2v) is 4.50. The van der Waals surface area contributed by atoms with Gasteiger partial charge in [0.1, 0.15) is 0 Å². The zero-order valence-corrected chi connectivity index (χ0v) is 10.7. The summed E-state index contributed by atoms with van der Waals surface area (Å²) >= 11 is 0. The molecule has 1 aromatic rings. The summed E-state index contributed by atoms with van der Waals surface area (Å²) in [5.74, 6) is 0.330. The molecule has 1 fully saturated rings. The molecule has 1 heterocycles. The Bertz CT molecular complexity index is 363. The van der Waals surface area contributed by atoms with Gasteiger partial charge in [-0.2, -0.15) is 0 Å². The van der Waals surface area contributed by atoms with Gasteiger partial charge in [-0.3, -0.25) is 0 Å². The number of ether oxygens (including phenoxy) is 3. The molecule has 0 radical (unpaired) electrons. The fraction of sp³-hybridized carbons (Fsp3) is 0.467. The largest absolute Gasteiger partial charge is 0.376 e. The molecule has 3 nitrogen and oxygen atoms in total. The van der Waals surface area contributed by atoms with E-state index in [1.165, 1.54) is 5.56 Å². The second-order valence-electron chi connectivity index (χ2n) is 4.50. The van der Waals surface area contributed by atoms with E-state index in [9.17, 15) is 0 Å². The van der Waals surface area contributed by atoms with Crippen LogP contribution in [0.4, 0.5) is 0 Å². The molecular weight excluding hydrogens is 228 g/mol. The highest BCUT2D eigenvalue weighted by atomic mass is 16.7. The van der Waals surface area contributed by atoms with Gasteiger partial charge >= 0.3 is 0 Å². The Balaban J connectivity index is 1.77. The first kappa shape index (κ1) is 13.3. The van der Waals surface area contributed by atoms with Crippen LogP contribution in [0.2, 0.25) is 0 Å². The smallest absolute Gasteiger partial charge is 0.158 e. The van der Waals surface area contributed by atoms with Crippen LogP contribution in [0.25, 0.3) is 0 Å². The van der Waals surface area contributed by atoms with Crippen molar-refractivity contribution in [1.29, 1.82) is 0 Å². The third kappa shape index (κ3) is 3.42. The minimum Gasteiger partial charge on any atom is -0.376 e. The standard InChI is InChI=1S/C15H20O3/c1-3-14-13(9-15(16-2)18-14)11-17-10-12-7-5-4-6-8-12/h3-8,13-15H,1,9-11H2,2H3/t13-,14-,15?/m1/s1. The Kier molecular flexibility index (Phi) is 4.93. The number of methoxy groups -OCH3 is 1. The molecule has 1 aliphatic heterocycles. The van der Waals surface area contributed by atoms with Crippen molar-refractivity contribution in [3.8, 4) is 0 Å². The van der Waals surface area contributed by atoms with Gasteiger partial charge in [0.15, 0.2) is 6.29 Å². The summed E-state index contributed by atoms with van der Waals surface area (Å²) in [7, 11) is 1.66. The molecule has 1 saturated heterocycles. The number of hydrogen-bond acceptors (Lipinski definition) is 3. The lowest BCUT2D eigenvalue weighted by molar-refractivity contribution is -0.105. The van der Waals surface area contributed by atoms with Crippen molar-refractivity contribution >= 4 is 0 Å². The molecule has 3 atom stereocenters. The van der Waals surface area contributed by atoms with Gasteiger partial charge in [0.2, 0.25) is 0 Å². The van der Waals surface area contributed by atoms with Gasteiger partial charge < -0.3 is 14.2 Å². The fourth-order valence-electron chi connectivity index (χ4n) is 2.19. The lowest BCUT2D eigenvalue weighted by Gasteiger charge is -2.14. The molecule has 0 N–H and O–H groups in total. The maximum absolute atomic E-state index is 5.75. The Morgan fingerprint density at radius 2 is 2.17 bits per heavy atom. The van der Waals surface area contributed by atoms with Crippen LogP contribution in [0.3, 0.4) is 0 Å². The topological polar surface area (TPSA) is 27.7 Å². The minimum atomic E-state index is -0.127. The van der Waals surface area contributed by atoms with E-state index in [4.69, 9.17) is 14.2 Å². The number of rotatable bonds is 6. The van der Waals surface area contributed by atoms with Crippen LogP contribution in [0.15, 0.2) is 43.0 Å². The monoisotopic (exact) mass is 248 g/mol. The third-order valence-electron chi connectivity index (χ3n) is 3.21. The first-order valence-corrected chi connectivity index (χ1v) is 6.26. The predicted molar refractivity (Wildman–Crippen MR) is 70.1 cm³/mol. The van der Waals surface area contributed by atoms with Crippen molar-refractivity contribution in [3.63, 3.8) is 0 Å². The van der Waals surface area contributed by atoms with Gasteiger partial charge in [-0.1, -0.05) is 36.4 Å². The predicted octanol–water partition coefficient (Wildman–Crippen LogP) is 2.77. The molecule has 0 aromatic heterocycles. The van der Waals surface area contributed by atoms with Gasteiger partial charge in [-0.25, -0.2) is 0 Å². The highest BCUT2D eigenvalue weighted by Gasteiger charge is 2.33. The van der Waals surface area contributed by atoms with Gasteiger partial charge in [-0.15, -0.1) is 6.58 Å². The highest BCUT2D eigenvalue weighted by molar-refractivity contribution is 5.13. The van der Waals surface area contributed by atoms with Gasteiger partial charge in [0, 0.05) is 19.4 Å². The first-order chi connectivity index (χ1) is 8.83. The fourth-order valence-corrected chi connectivity index (χ4v) is 2.19. The Labute approximate surface area is 108 Å². The molecule has 1 aliphatic rings. The van der Waals surface area contributed by atoms with E-state index in [1.54, 1.807) is 7.11 Å². The zero-order valence-electron chi connectivity index (χ0n) is 10.7. The van der Waals surface area contributed by atoms with Crippen LogP contribution in [0.1, 0.15) is 12.0 Å². The van der Waals surface area contributed by atoms with Gasteiger partial charge in [0.05, 0.1) is 19.3 Å². The SMILES string of the molecule is C=C[C@H]1OC(OC)C[C@@H]1COCc1ccccc1. The van der Waals surface area contributed by atoms with Crippen molar-refractivity contribution in [3.05, 3.63) is 48.6 Å². The van der Waals surface area contributed by atoms with Crippen LogP contribution in [-0.2, 0) is 20.8 Å². The van der Waals surface area contributed by atoms with Crippen molar-refractivity contribution in [2.45, 2.75) is 25.4 Å². The molecule has 2 rings (SSSR count). The molecule has 98 valence electrons. The van der Waals surface area contributed by atoms with E-state index in [1.807, 2.05) is 24.3 Å². The van der Waals surface area contributed by atoms with Crippen LogP contribution >= 0.6 is 0 Å². The lowest BCUT2D eigenvalue weighted by atomic mass is 10.0. The van der Waals surface area contributed by atoms with E-state index in [2.05, 4.69) is 18.7 Å². The van der Waals surface area contributed by atoms with Crippen molar-refractivity contribution in [2.75, 3.05) is 13.7 Å². The summed E-state index contributed by atoms with van der Waals surface area (Å²) in [6.07, 6.45) is 2.60. The van der Waals surface area contributed by atoms with E-state index in [0.29, 0.717) is 19.1 Å². The number of benzene rings is 1. The molecule has 0 aliphatic carbocycles. The quantitative estimate of drug-likeness (QED) is 0.724. The molecule has 1 aromatic carbocycles. The summed E-state index contributed by atoms with van der Waals surface area (Å²) in [4.78, 5) is 0. The van der Waals surface area contributed by atoms with E-state index in [0.717, 1.165) is 6.42 Å². The molecule has 1 unspecified atom stereocenters. The van der Waals surface area contributed by atoms with Crippen molar-refractivity contribution in [1.82, 2.24) is 0 Å². The van der Waals surface area contributed by atoms with Crippen LogP contribution in [0, 0.1) is 5.92 Å². The normalized spacial score (nSPS) is 27.3. The molecule has 0 bridgehead atoms. The average molecular weight is 248 g/mol. The van der Waals surface area contributed by atoms with E-state index < -0.39 is 0 Å². The van der Waals surface area contributed by atoms with Crippen molar-refractivity contribution < 1.29 is 14.2 Å². The summed E-state index contributed by atoms with van der Waals surface area (Å²) in [6.45, 7) is 5.10. The number of hydrogen-bond donors (Lipinski definition) is 0. The molecule has 3 heteroatoms. The molecular formula is C15H20O3.